The van der Waals surface area contributed by atoms with E-state index in [-0.39, 0.29) is 17.5 Å². The van der Waals surface area contributed by atoms with E-state index in [1.165, 1.54) is 5.56 Å². The SMILES string of the molecule is CCS(=O)(=O)Nc1ccc(C(=O)C2CCN(Cc3ccncc3)CC2)cc1. The minimum Gasteiger partial charge on any atom is -0.299 e. The number of piperidine rings is 1. The second kappa shape index (κ2) is 8.63. The maximum atomic E-state index is 12.8. The Hall–Kier alpha value is -2.25. The number of aromatic nitrogens is 1. The monoisotopic (exact) mass is 387 g/mol. The van der Waals surface area contributed by atoms with Crippen LogP contribution in [-0.2, 0) is 16.6 Å². The molecule has 1 fully saturated rings. The number of sulfonamides is 1. The van der Waals surface area contributed by atoms with Crippen LogP contribution in [0, 0.1) is 5.92 Å². The van der Waals surface area contributed by atoms with E-state index in [2.05, 4.69) is 14.6 Å². The number of benzene rings is 1. The molecule has 0 bridgehead atoms. The van der Waals surface area contributed by atoms with Gasteiger partial charge in [0, 0.05) is 36.1 Å². The molecule has 6 nitrogen and oxygen atoms in total. The standard InChI is InChI=1S/C20H25N3O3S/c1-2-27(25,26)22-19-5-3-17(4-6-19)20(24)18-9-13-23(14-10-18)15-16-7-11-21-12-8-16/h3-8,11-12,18,22H,2,9-10,13-15H2,1H3. The fourth-order valence-corrected chi connectivity index (χ4v) is 3.93. The third kappa shape index (κ3) is 5.37. The summed E-state index contributed by atoms with van der Waals surface area (Å²) in [6, 6.07) is 10.8. The Kier molecular flexibility index (Phi) is 6.23. The summed E-state index contributed by atoms with van der Waals surface area (Å²) in [7, 11) is -3.30. The minimum absolute atomic E-state index is 0.0196. The number of hydrogen-bond donors (Lipinski definition) is 1. The van der Waals surface area contributed by atoms with Crippen LogP contribution in [0.4, 0.5) is 5.69 Å². The van der Waals surface area contributed by atoms with Crippen LogP contribution in [0.2, 0.25) is 0 Å². The van der Waals surface area contributed by atoms with E-state index in [9.17, 15) is 13.2 Å². The quantitative estimate of drug-likeness (QED) is 0.739. The van der Waals surface area contributed by atoms with Gasteiger partial charge in [-0.25, -0.2) is 8.42 Å². The molecule has 3 rings (SSSR count). The number of nitrogens with one attached hydrogen (secondary N) is 1. The normalized spacial score (nSPS) is 16.2. The fourth-order valence-electron chi connectivity index (χ4n) is 3.29. The second-order valence-corrected chi connectivity index (χ2v) is 8.86. The zero-order chi connectivity index (χ0) is 19.3. The lowest BCUT2D eigenvalue weighted by molar-refractivity contribution is 0.0835. The molecule has 1 N–H and O–H groups in total. The van der Waals surface area contributed by atoms with Gasteiger partial charge in [0.2, 0.25) is 10.0 Å². The predicted molar refractivity (Wildman–Crippen MR) is 106 cm³/mol. The van der Waals surface area contributed by atoms with Crippen molar-refractivity contribution in [2.75, 3.05) is 23.6 Å². The highest BCUT2D eigenvalue weighted by Crippen LogP contribution is 2.24. The lowest BCUT2D eigenvalue weighted by Gasteiger charge is -2.31. The van der Waals surface area contributed by atoms with Gasteiger partial charge in [0.1, 0.15) is 0 Å². The first-order valence-corrected chi connectivity index (χ1v) is 10.9. The lowest BCUT2D eigenvalue weighted by Crippen LogP contribution is -2.35. The van der Waals surface area contributed by atoms with E-state index in [0.717, 1.165) is 32.5 Å². The van der Waals surface area contributed by atoms with Gasteiger partial charge in [-0.15, -0.1) is 0 Å². The Labute approximate surface area is 160 Å². The highest BCUT2D eigenvalue weighted by atomic mass is 32.2. The largest absolute Gasteiger partial charge is 0.299 e. The topological polar surface area (TPSA) is 79.4 Å². The highest BCUT2D eigenvalue weighted by Gasteiger charge is 2.25. The number of rotatable bonds is 7. The molecule has 1 aliphatic rings. The van der Waals surface area contributed by atoms with E-state index in [4.69, 9.17) is 0 Å². The first-order chi connectivity index (χ1) is 13.0. The van der Waals surface area contributed by atoms with Crippen molar-refractivity contribution in [2.24, 2.45) is 5.92 Å². The number of carbonyl (C=O) groups is 1. The minimum atomic E-state index is -3.30. The Balaban J connectivity index is 1.54. The molecule has 1 aromatic heterocycles. The zero-order valence-electron chi connectivity index (χ0n) is 15.5. The van der Waals surface area contributed by atoms with Crippen LogP contribution >= 0.6 is 0 Å². The molecule has 0 radical (unpaired) electrons. The lowest BCUT2D eigenvalue weighted by atomic mass is 9.88. The van der Waals surface area contributed by atoms with Crippen molar-refractivity contribution in [2.45, 2.75) is 26.3 Å². The molecule has 0 aliphatic carbocycles. The summed E-state index contributed by atoms with van der Waals surface area (Å²) >= 11 is 0. The van der Waals surface area contributed by atoms with E-state index in [1.54, 1.807) is 43.6 Å². The number of hydrogen-bond acceptors (Lipinski definition) is 5. The van der Waals surface area contributed by atoms with Gasteiger partial charge < -0.3 is 0 Å². The molecule has 7 heteroatoms. The third-order valence-electron chi connectivity index (χ3n) is 4.94. The van der Waals surface area contributed by atoms with E-state index >= 15 is 0 Å². The number of pyridine rings is 1. The van der Waals surface area contributed by atoms with Crippen molar-refractivity contribution in [3.05, 3.63) is 59.9 Å². The van der Waals surface area contributed by atoms with E-state index < -0.39 is 10.0 Å². The van der Waals surface area contributed by atoms with Crippen LogP contribution in [0.5, 0.6) is 0 Å². The molecule has 27 heavy (non-hydrogen) atoms. The van der Waals surface area contributed by atoms with Crippen molar-refractivity contribution in [3.8, 4) is 0 Å². The number of carbonyl (C=O) groups excluding carboxylic acids is 1. The summed E-state index contributed by atoms with van der Waals surface area (Å²) in [4.78, 5) is 19.2. The Morgan fingerprint density at radius 3 is 2.33 bits per heavy atom. The first kappa shape index (κ1) is 19.5. The van der Waals surface area contributed by atoms with E-state index in [0.29, 0.717) is 11.3 Å². The Morgan fingerprint density at radius 2 is 1.74 bits per heavy atom. The second-order valence-electron chi connectivity index (χ2n) is 6.85. The molecule has 1 aromatic carbocycles. The van der Waals surface area contributed by atoms with Gasteiger partial charge in [0.25, 0.3) is 0 Å². The molecule has 0 amide bonds. The number of anilines is 1. The smallest absolute Gasteiger partial charge is 0.232 e. The van der Waals surface area contributed by atoms with Gasteiger partial charge in [-0.05, 0) is 74.8 Å². The van der Waals surface area contributed by atoms with Gasteiger partial charge in [-0.1, -0.05) is 0 Å². The van der Waals surface area contributed by atoms with Crippen molar-refractivity contribution in [1.29, 1.82) is 0 Å². The molecule has 0 atom stereocenters. The molecule has 0 saturated carbocycles. The number of Topliss-reactive ketones (excluding diaryl/α,β-unsaturated/α-hetero) is 1. The summed E-state index contributed by atoms with van der Waals surface area (Å²) in [6.45, 7) is 4.26. The van der Waals surface area contributed by atoms with Gasteiger partial charge in [-0.3, -0.25) is 19.4 Å². The summed E-state index contributed by atoms with van der Waals surface area (Å²) in [5.41, 5.74) is 2.36. The number of nitrogens with zero attached hydrogens (tertiary/aromatic N) is 2. The van der Waals surface area contributed by atoms with Crippen LogP contribution in [-0.4, -0.2) is 42.9 Å². The van der Waals surface area contributed by atoms with Gasteiger partial charge >= 0.3 is 0 Å². The predicted octanol–water partition coefficient (Wildman–Crippen LogP) is 2.94. The van der Waals surface area contributed by atoms with Crippen molar-refractivity contribution >= 4 is 21.5 Å². The Bertz CT molecular complexity index is 859. The van der Waals surface area contributed by atoms with Crippen LogP contribution in [0.15, 0.2) is 48.8 Å². The van der Waals surface area contributed by atoms with Gasteiger partial charge in [-0.2, -0.15) is 0 Å². The molecule has 2 heterocycles. The molecule has 0 spiro atoms. The molecule has 1 aliphatic heterocycles. The maximum Gasteiger partial charge on any atom is 0.232 e. The number of likely N-dealkylation sites (tertiary alicyclic amines) is 1. The van der Waals surface area contributed by atoms with Crippen molar-refractivity contribution in [3.63, 3.8) is 0 Å². The maximum absolute atomic E-state index is 12.8. The Morgan fingerprint density at radius 1 is 1.11 bits per heavy atom. The average Bonchev–Trinajstić information content (AvgIpc) is 2.69. The van der Waals surface area contributed by atoms with Crippen LogP contribution < -0.4 is 4.72 Å². The van der Waals surface area contributed by atoms with E-state index in [1.807, 2.05) is 12.1 Å². The third-order valence-corrected chi connectivity index (χ3v) is 6.24. The van der Waals surface area contributed by atoms with Gasteiger partial charge in [0.15, 0.2) is 5.78 Å². The van der Waals surface area contributed by atoms with Crippen LogP contribution in [0.1, 0.15) is 35.7 Å². The fraction of sp³-hybridized carbons (Fsp3) is 0.400. The summed E-state index contributed by atoms with van der Waals surface area (Å²) in [5, 5.41) is 0. The summed E-state index contributed by atoms with van der Waals surface area (Å²) < 4.78 is 25.7. The van der Waals surface area contributed by atoms with Crippen molar-refractivity contribution in [1.82, 2.24) is 9.88 Å². The zero-order valence-corrected chi connectivity index (χ0v) is 16.3. The summed E-state index contributed by atoms with van der Waals surface area (Å²) in [5.74, 6) is 0.187. The average molecular weight is 388 g/mol. The highest BCUT2D eigenvalue weighted by molar-refractivity contribution is 7.92. The molecule has 144 valence electrons. The molecule has 1 saturated heterocycles. The summed E-state index contributed by atoms with van der Waals surface area (Å²) in [6.07, 6.45) is 5.29. The van der Waals surface area contributed by atoms with Crippen molar-refractivity contribution < 1.29 is 13.2 Å². The van der Waals surface area contributed by atoms with Crippen LogP contribution in [0.25, 0.3) is 0 Å². The molecular weight excluding hydrogens is 362 g/mol. The molecule has 2 aromatic rings. The van der Waals surface area contributed by atoms with Gasteiger partial charge in [0.05, 0.1) is 5.75 Å². The van der Waals surface area contributed by atoms with Crippen LogP contribution in [0.3, 0.4) is 0 Å². The number of ketones is 1. The first-order valence-electron chi connectivity index (χ1n) is 9.23. The molecule has 0 unspecified atom stereocenters. The molecular formula is C20H25N3O3S.